The Kier molecular flexibility index (Phi) is 5.34. The summed E-state index contributed by atoms with van der Waals surface area (Å²) in [7, 11) is 0. The molecule has 1 saturated carbocycles. The van der Waals surface area contributed by atoms with Gasteiger partial charge in [-0.3, -0.25) is 0 Å². The molecule has 1 aromatic carbocycles. The van der Waals surface area contributed by atoms with E-state index >= 15 is 0 Å². The largest absolute Gasteiger partial charge is 0.387 e. The number of rotatable bonds is 5. The molecule has 1 unspecified atom stereocenters. The van der Waals surface area contributed by atoms with E-state index < -0.39 is 6.10 Å². The Bertz CT molecular complexity index is 390. The monoisotopic (exact) mass is 265 g/mol. The van der Waals surface area contributed by atoms with Crippen molar-refractivity contribution in [1.82, 2.24) is 5.32 Å². The number of halogens is 1. The molecule has 1 aromatic rings. The Labute approximate surface area is 115 Å². The summed E-state index contributed by atoms with van der Waals surface area (Å²) >= 11 is 0. The maximum absolute atomic E-state index is 13.1. The normalized spacial score (nSPS) is 20.2. The van der Waals surface area contributed by atoms with E-state index in [2.05, 4.69) is 12.2 Å². The van der Waals surface area contributed by atoms with Gasteiger partial charge in [0.1, 0.15) is 5.82 Å². The topological polar surface area (TPSA) is 32.3 Å². The van der Waals surface area contributed by atoms with Crippen LogP contribution < -0.4 is 5.32 Å². The van der Waals surface area contributed by atoms with Gasteiger partial charge >= 0.3 is 0 Å². The molecule has 0 bridgehead atoms. The minimum atomic E-state index is -0.637. The second kappa shape index (κ2) is 7.01. The Morgan fingerprint density at radius 2 is 2.05 bits per heavy atom. The highest BCUT2D eigenvalue weighted by Crippen LogP contribution is 2.26. The Balaban J connectivity index is 1.80. The van der Waals surface area contributed by atoms with Crippen molar-refractivity contribution in [3.8, 4) is 0 Å². The van der Waals surface area contributed by atoms with E-state index in [1.807, 2.05) is 0 Å². The van der Waals surface area contributed by atoms with Crippen LogP contribution in [0.25, 0.3) is 0 Å². The fourth-order valence-electron chi connectivity index (χ4n) is 2.93. The Hall–Kier alpha value is -0.930. The number of aliphatic hydroxyl groups excluding tert-OH is 1. The predicted molar refractivity (Wildman–Crippen MR) is 75.4 cm³/mol. The third kappa shape index (κ3) is 4.29. The Morgan fingerprint density at radius 3 is 2.74 bits per heavy atom. The highest BCUT2D eigenvalue weighted by Gasteiger charge is 2.20. The molecular weight excluding hydrogens is 241 g/mol. The molecule has 1 aliphatic carbocycles. The van der Waals surface area contributed by atoms with E-state index in [4.69, 9.17) is 0 Å². The number of aliphatic hydroxyl groups is 1. The molecule has 2 atom stereocenters. The van der Waals surface area contributed by atoms with Crippen LogP contribution in [0.4, 0.5) is 4.39 Å². The molecule has 0 aromatic heterocycles. The fourth-order valence-corrected chi connectivity index (χ4v) is 2.93. The SMILES string of the molecule is C[C@@H](NCC(O)c1cccc(F)c1)C1CCCCC1. The molecule has 0 radical (unpaired) electrons. The molecule has 2 nitrogen and oxygen atoms in total. The van der Waals surface area contributed by atoms with Gasteiger partial charge in [0.25, 0.3) is 0 Å². The van der Waals surface area contributed by atoms with E-state index in [-0.39, 0.29) is 5.82 Å². The van der Waals surface area contributed by atoms with Crippen LogP contribution in [0.2, 0.25) is 0 Å². The predicted octanol–water partition coefficient (Wildman–Crippen LogP) is 3.42. The first kappa shape index (κ1) is 14.5. The summed E-state index contributed by atoms with van der Waals surface area (Å²) in [5.41, 5.74) is 0.642. The molecule has 0 spiro atoms. The molecule has 106 valence electrons. The molecule has 1 fully saturated rings. The Morgan fingerprint density at radius 1 is 1.32 bits per heavy atom. The first-order valence-corrected chi connectivity index (χ1v) is 7.33. The highest BCUT2D eigenvalue weighted by atomic mass is 19.1. The average molecular weight is 265 g/mol. The second-order valence-corrected chi connectivity index (χ2v) is 5.67. The first-order valence-electron chi connectivity index (χ1n) is 7.33. The van der Waals surface area contributed by atoms with Crippen molar-refractivity contribution in [2.75, 3.05) is 6.54 Å². The van der Waals surface area contributed by atoms with Gasteiger partial charge in [0, 0.05) is 12.6 Å². The summed E-state index contributed by atoms with van der Waals surface area (Å²) < 4.78 is 13.1. The lowest BCUT2D eigenvalue weighted by molar-refractivity contribution is 0.160. The number of hydrogen-bond acceptors (Lipinski definition) is 2. The molecule has 0 saturated heterocycles. The summed E-state index contributed by atoms with van der Waals surface area (Å²) in [5, 5.41) is 13.5. The van der Waals surface area contributed by atoms with E-state index in [1.165, 1.54) is 44.2 Å². The molecular formula is C16H24FNO. The van der Waals surface area contributed by atoms with Gasteiger partial charge in [-0.05, 0) is 43.4 Å². The van der Waals surface area contributed by atoms with E-state index in [9.17, 15) is 9.50 Å². The number of nitrogens with one attached hydrogen (secondary N) is 1. The molecule has 2 N–H and O–H groups in total. The van der Waals surface area contributed by atoms with Gasteiger partial charge in [-0.1, -0.05) is 31.4 Å². The van der Waals surface area contributed by atoms with Gasteiger partial charge in [-0.15, -0.1) is 0 Å². The van der Waals surface area contributed by atoms with Crippen LogP contribution in [-0.4, -0.2) is 17.7 Å². The third-order valence-electron chi connectivity index (χ3n) is 4.22. The standard InChI is InChI=1S/C16H24FNO/c1-12(13-6-3-2-4-7-13)18-11-16(19)14-8-5-9-15(17)10-14/h5,8-10,12-13,16,18-19H,2-4,6-7,11H2,1H3/t12-,16?/m1/s1. The van der Waals surface area contributed by atoms with Crippen LogP contribution in [0.3, 0.4) is 0 Å². The second-order valence-electron chi connectivity index (χ2n) is 5.67. The first-order chi connectivity index (χ1) is 9.16. The molecule has 0 heterocycles. The summed E-state index contributed by atoms with van der Waals surface area (Å²) in [6.45, 7) is 2.68. The van der Waals surface area contributed by atoms with Crippen LogP contribution in [-0.2, 0) is 0 Å². The zero-order chi connectivity index (χ0) is 13.7. The van der Waals surface area contributed by atoms with Crippen molar-refractivity contribution in [2.24, 2.45) is 5.92 Å². The van der Waals surface area contributed by atoms with Gasteiger partial charge in [0.15, 0.2) is 0 Å². The summed E-state index contributed by atoms with van der Waals surface area (Å²) in [6.07, 6.45) is 5.93. The van der Waals surface area contributed by atoms with Crippen molar-refractivity contribution in [3.05, 3.63) is 35.6 Å². The number of hydrogen-bond donors (Lipinski definition) is 2. The van der Waals surface area contributed by atoms with Gasteiger partial charge in [0.2, 0.25) is 0 Å². The molecule has 1 aliphatic rings. The van der Waals surface area contributed by atoms with Gasteiger partial charge < -0.3 is 10.4 Å². The average Bonchev–Trinajstić information content (AvgIpc) is 2.45. The van der Waals surface area contributed by atoms with Crippen molar-refractivity contribution in [2.45, 2.75) is 51.2 Å². The fraction of sp³-hybridized carbons (Fsp3) is 0.625. The van der Waals surface area contributed by atoms with Crippen LogP contribution in [0.5, 0.6) is 0 Å². The zero-order valence-electron chi connectivity index (χ0n) is 11.6. The number of benzene rings is 1. The minimum Gasteiger partial charge on any atom is -0.387 e. The summed E-state index contributed by atoms with van der Waals surface area (Å²) in [6, 6.07) is 6.62. The highest BCUT2D eigenvalue weighted by molar-refractivity contribution is 5.18. The lowest BCUT2D eigenvalue weighted by Gasteiger charge is -2.29. The van der Waals surface area contributed by atoms with Crippen molar-refractivity contribution >= 4 is 0 Å². The summed E-state index contributed by atoms with van der Waals surface area (Å²) in [4.78, 5) is 0. The smallest absolute Gasteiger partial charge is 0.123 e. The van der Waals surface area contributed by atoms with E-state index in [1.54, 1.807) is 12.1 Å². The maximum Gasteiger partial charge on any atom is 0.123 e. The summed E-state index contributed by atoms with van der Waals surface area (Å²) in [5.74, 6) is 0.422. The lowest BCUT2D eigenvalue weighted by atomic mass is 9.84. The molecule has 19 heavy (non-hydrogen) atoms. The van der Waals surface area contributed by atoms with Crippen LogP contribution in [0, 0.1) is 11.7 Å². The quantitative estimate of drug-likeness (QED) is 0.855. The van der Waals surface area contributed by atoms with Gasteiger partial charge in [-0.25, -0.2) is 4.39 Å². The molecule has 0 amide bonds. The van der Waals surface area contributed by atoms with Crippen molar-refractivity contribution in [1.29, 1.82) is 0 Å². The zero-order valence-corrected chi connectivity index (χ0v) is 11.6. The molecule has 2 rings (SSSR count). The van der Waals surface area contributed by atoms with E-state index in [0.717, 1.165) is 0 Å². The van der Waals surface area contributed by atoms with Crippen LogP contribution >= 0.6 is 0 Å². The van der Waals surface area contributed by atoms with Gasteiger partial charge in [-0.2, -0.15) is 0 Å². The van der Waals surface area contributed by atoms with Crippen LogP contribution in [0.1, 0.15) is 50.7 Å². The van der Waals surface area contributed by atoms with Crippen LogP contribution in [0.15, 0.2) is 24.3 Å². The maximum atomic E-state index is 13.1. The van der Waals surface area contributed by atoms with E-state index in [0.29, 0.717) is 24.1 Å². The van der Waals surface area contributed by atoms with Crippen molar-refractivity contribution < 1.29 is 9.50 Å². The molecule has 3 heteroatoms. The van der Waals surface area contributed by atoms with Gasteiger partial charge in [0.05, 0.1) is 6.10 Å². The lowest BCUT2D eigenvalue weighted by Crippen LogP contribution is -2.37. The van der Waals surface area contributed by atoms with Crippen molar-refractivity contribution in [3.63, 3.8) is 0 Å². The minimum absolute atomic E-state index is 0.295. The third-order valence-corrected chi connectivity index (χ3v) is 4.22. The molecule has 0 aliphatic heterocycles.